The molecule has 0 aliphatic heterocycles. The molecule has 0 spiro atoms. The van der Waals surface area contributed by atoms with Crippen molar-refractivity contribution in [2.75, 3.05) is 0 Å². The van der Waals surface area contributed by atoms with Gasteiger partial charge in [0.15, 0.2) is 0 Å². The fourth-order valence-corrected chi connectivity index (χ4v) is 3.96. The van der Waals surface area contributed by atoms with Crippen LogP contribution in [-0.4, -0.2) is 19.9 Å². The van der Waals surface area contributed by atoms with Crippen molar-refractivity contribution < 1.29 is 0 Å². The molecular weight excluding hydrogens is 379 g/mol. The highest BCUT2D eigenvalue weighted by atomic mass is 35.5. The van der Waals surface area contributed by atoms with E-state index < -0.39 is 0 Å². The Balaban J connectivity index is 1.81. The number of nitrogens with one attached hydrogen (secondary N) is 2. The first kappa shape index (κ1) is 16.4. The summed E-state index contributed by atoms with van der Waals surface area (Å²) in [6, 6.07) is 14.3. The smallest absolute Gasteiger partial charge is 0.137 e. The summed E-state index contributed by atoms with van der Waals surface area (Å²) < 4.78 is 0. The van der Waals surface area contributed by atoms with Gasteiger partial charge in [-0.25, -0.2) is 9.97 Å². The number of aromatic nitrogens is 4. The van der Waals surface area contributed by atoms with Crippen molar-refractivity contribution in [1.82, 2.24) is 19.9 Å². The average Bonchev–Trinajstić information content (AvgIpc) is 3.28. The molecule has 0 atom stereocenters. The van der Waals surface area contributed by atoms with Crippen LogP contribution >= 0.6 is 23.2 Å². The number of fused-ring (bicyclic) bond motifs is 2. The van der Waals surface area contributed by atoms with Gasteiger partial charge in [-0.05, 0) is 28.8 Å². The number of benzene rings is 1. The van der Waals surface area contributed by atoms with Gasteiger partial charge in [0.2, 0.25) is 0 Å². The van der Waals surface area contributed by atoms with E-state index in [0.29, 0.717) is 10.0 Å². The summed E-state index contributed by atoms with van der Waals surface area (Å²) in [5.74, 6) is -0.0192. The molecule has 0 unspecified atom stereocenters. The number of aromatic amines is 2. The van der Waals surface area contributed by atoms with Crippen molar-refractivity contribution in [2.24, 2.45) is 0 Å². The van der Waals surface area contributed by atoms with Crippen LogP contribution in [0.25, 0.3) is 22.1 Å². The van der Waals surface area contributed by atoms with Gasteiger partial charge >= 0.3 is 0 Å². The van der Waals surface area contributed by atoms with E-state index >= 15 is 0 Å². The number of hydrogen-bond donors (Lipinski definition) is 2. The second kappa shape index (κ2) is 6.41. The molecule has 4 nitrogen and oxygen atoms in total. The lowest BCUT2D eigenvalue weighted by molar-refractivity contribution is 0.998. The highest BCUT2D eigenvalue weighted by Gasteiger charge is 2.24. The van der Waals surface area contributed by atoms with Crippen LogP contribution in [-0.2, 0) is 0 Å². The van der Waals surface area contributed by atoms with E-state index in [1.54, 1.807) is 12.4 Å². The van der Waals surface area contributed by atoms with E-state index in [4.69, 9.17) is 23.2 Å². The second-order valence-electron chi connectivity index (χ2n) is 6.43. The highest BCUT2D eigenvalue weighted by Crippen LogP contribution is 2.39. The number of halogens is 2. The number of pyridine rings is 2. The standard InChI is InChI=1S/C21H14Cl2N4/c22-13-6-15-17(10-26-20(15)24-8-13)19(12-4-2-1-3-5-12)18-11-27-21-16(18)7-14(23)9-25-21/h1-11,19H,(H,24,26)(H,25,27). The van der Waals surface area contributed by atoms with Gasteiger partial charge in [0.1, 0.15) is 11.3 Å². The lowest BCUT2D eigenvalue weighted by Gasteiger charge is -2.17. The Labute approximate surface area is 165 Å². The molecule has 132 valence electrons. The second-order valence-corrected chi connectivity index (χ2v) is 7.30. The third-order valence-electron chi connectivity index (χ3n) is 4.81. The van der Waals surface area contributed by atoms with Crippen LogP contribution < -0.4 is 0 Å². The van der Waals surface area contributed by atoms with Gasteiger partial charge in [-0.3, -0.25) is 0 Å². The topological polar surface area (TPSA) is 57.4 Å². The maximum absolute atomic E-state index is 6.23. The summed E-state index contributed by atoms with van der Waals surface area (Å²) in [5, 5.41) is 3.22. The molecule has 27 heavy (non-hydrogen) atoms. The van der Waals surface area contributed by atoms with E-state index in [1.807, 2.05) is 42.7 Å². The molecule has 5 aromatic rings. The highest BCUT2D eigenvalue weighted by molar-refractivity contribution is 6.31. The molecule has 0 aliphatic rings. The van der Waals surface area contributed by atoms with Crippen molar-refractivity contribution in [2.45, 2.75) is 5.92 Å². The zero-order valence-corrected chi connectivity index (χ0v) is 15.6. The van der Waals surface area contributed by atoms with Crippen LogP contribution in [0.5, 0.6) is 0 Å². The SMILES string of the molecule is Clc1cnc2[nH]cc(C(c3ccccc3)c3c[nH]c4ncc(Cl)cc34)c2c1. The van der Waals surface area contributed by atoms with E-state index in [9.17, 15) is 0 Å². The molecule has 5 rings (SSSR count). The first-order chi connectivity index (χ1) is 13.2. The number of H-pyrrole nitrogens is 2. The Morgan fingerprint density at radius 1 is 0.741 bits per heavy atom. The lowest BCUT2D eigenvalue weighted by Crippen LogP contribution is -2.02. The predicted molar refractivity (Wildman–Crippen MR) is 110 cm³/mol. The van der Waals surface area contributed by atoms with Crippen LogP contribution in [0.1, 0.15) is 22.6 Å². The molecular formula is C21H14Cl2N4. The molecule has 6 heteroatoms. The molecule has 1 aromatic carbocycles. The van der Waals surface area contributed by atoms with Gasteiger partial charge in [0.25, 0.3) is 0 Å². The first-order valence-corrected chi connectivity index (χ1v) is 9.26. The summed E-state index contributed by atoms with van der Waals surface area (Å²) in [6.45, 7) is 0. The van der Waals surface area contributed by atoms with Crippen LogP contribution in [0.4, 0.5) is 0 Å². The molecule has 0 aliphatic carbocycles. The molecule has 0 radical (unpaired) electrons. The van der Waals surface area contributed by atoms with Crippen molar-refractivity contribution in [3.63, 3.8) is 0 Å². The quantitative estimate of drug-likeness (QED) is 0.399. The van der Waals surface area contributed by atoms with Gasteiger partial charge < -0.3 is 9.97 Å². The third-order valence-corrected chi connectivity index (χ3v) is 5.23. The average molecular weight is 393 g/mol. The Morgan fingerprint density at radius 2 is 1.26 bits per heavy atom. The summed E-state index contributed by atoms with van der Waals surface area (Å²) in [5.41, 5.74) is 5.00. The minimum atomic E-state index is -0.0192. The Bertz CT molecular complexity index is 1180. The monoisotopic (exact) mass is 392 g/mol. The Kier molecular flexibility index (Phi) is 3.88. The van der Waals surface area contributed by atoms with Crippen LogP contribution in [0.2, 0.25) is 10.0 Å². The zero-order valence-electron chi connectivity index (χ0n) is 14.1. The Morgan fingerprint density at radius 3 is 1.78 bits per heavy atom. The van der Waals surface area contributed by atoms with Crippen molar-refractivity contribution in [1.29, 1.82) is 0 Å². The zero-order chi connectivity index (χ0) is 18.4. The molecule has 4 heterocycles. The van der Waals surface area contributed by atoms with E-state index in [-0.39, 0.29) is 5.92 Å². The van der Waals surface area contributed by atoms with Crippen molar-refractivity contribution in [3.05, 3.63) is 94.0 Å². The van der Waals surface area contributed by atoms with Gasteiger partial charge in [-0.2, -0.15) is 0 Å². The summed E-state index contributed by atoms with van der Waals surface area (Å²) in [6.07, 6.45) is 7.30. The van der Waals surface area contributed by atoms with Crippen LogP contribution in [0, 0.1) is 0 Å². The third kappa shape index (κ3) is 2.78. The van der Waals surface area contributed by atoms with Crippen LogP contribution in [0.3, 0.4) is 0 Å². The van der Waals surface area contributed by atoms with Crippen molar-refractivity contribution in [3.8, 4) is 0 Å². The minimum absolute atomic E-state index is 0.0192. The molecule has 0 fully saturated rings. The summed E-state index contributed by atoms with van der Waals surface area (Å²) in [7, 11) is 0. The number of nitrogens with zero attached hydrogens (tertiary/aromatic N) is 2. The number of rotatable bonds is 3. The lowest BCUT2D eigenvalue weighted by atomic mass is 9.85. The molecule has 4 aromatic heterocycles. The van der Waals surface area contributed by atoms with Gasteiger partial charge in [-0.1, -0.05) is 53.5 Å². The van der Waals surface area contributed by atoms with E-state index in [0.717, 1.165) is 33.2 Å². The van der Waals surface area contributed by atoms with E-state index in [2.05, 4.69) is 32.1 Å². The maximum atomic E-state index is 6.23. The minimum Gasteiger partial charge on any atom is -0.346 e. The van der Waals surface area contributed by atoms with Crippen LogP contribution in [0.15, 0.2) is 67.3 Å². The van der Waals surface area contributed by atoms with Gasteiger partial charge in [-0.15, -0.1) is 0 Å². The first-order valence-electron chi connectivity index (χ1n) is 8.51. The maximum Gasteiger partial charge on any atom is 0.137 e. The molecule has 0 saturated carbocycles. The molecule has 0 amide bonds. The van der Waals surface area contributed by atoms with E-state index in [1.165, 1.54) is 5.56 Å². The Hall–Kier alpha value is -2.82. The molecule has 2 N–H and O–H groups in total. The summed E-state index contributed by atoms with van der Waals surface area (Å²) in [4.78, 5) is 15.3. The van der Waals surface area contributed by atoms with Gasteiger partial charge in [0, 0.05) is 41.5 Å². The normalized spacial score (nSPS) is 11.7. The molecule has 0 saturated heterocycles. The predicted octanol–water partition coefficient (Wildman–Crippen LogP) is 5.93. The fourth-order valence-electron chi connectivity index (χ4n) is 3.65. The van der Waals surface area contributed by atoms with Crippen molar-refractivity contribution >= 4 is 45.3 Å². The molecule has 0 bridgehead atoms. The number of hydrogen-bond acceptors (Lipinski definition) is 2. The largest absolute Gasteiger partial charge is 0.346 e. The van der Waals surface area contributed by atoms with Gasteiger partial charge in [0.05, 0.1) is 10.0 Å². The fraction of sp³-hybridized carbons (Fsp3) is 0.0476. The summed E-state index contributed by atoms with van der Waals surface area (Å²) >= 11 is 12.5.